The lowest BCUT2D eigenvalue weighted by Crippen LogP contribution is -2.37. The number of rotatable bonds is 46. The standard InChI is InChI=1S/C47H96NO7P/c1-6-8-10-12-14-16-18-20-22-24-25-26-28-30-32-34-36-38-40-47(49)55-46(45-54-56(50,51)53-43-41-48(3,4)5)44-52-42-39-37-35-33-31-29-27-23-21-19-17-15-13-11-9-7-2/h46H,6-45H2,1-5H3/t46-/m1/s1. The molecule has 0 aromatic heterocycles. The molecule has 0 N–H and O–H groups in total. The second-order valence-corrected chi connectivity index (χ2v) is 19.3. The van der Waals surface area contributed by atoms with Crippen molar-refractivity contribution in [2.45, 2.75) is 245 Å². The first-order chi connectivity index (χ1) is 27.1. The van der Waals surface area contributed by atoms with E-state index in [0.29, 0.717) is 24.1 Å². The van der Waals surface area contributed by atoms with Gasteiger partial charge < -0.3 is 27.9 Å². The van der Waals surface area contributed by atoms with Gasteiger partial charge in [0, 0.05) is 13.0 Å². The molecule has 0 aromatic rings. The summed E-state index contributed by atoms with van der Waals surface area (Å²) in [5.41, 5.74) is 0. The molecule has 0 aliphatic carbocycles. The van der Waals surface area contributed by atoms with Gasteiger partial charge in [0.1, 0.15) is 19.3 Å². The molecule has 0 saturated carbocycles. The van der Waals surface area contributed by atoms with Gasteiger partial charge in [0.05, 0.1) is 34.4 Å². The second kappa shape index (κ2) is 41.2. The Morgan fingerprint density at radius 1 is 0.482 bits per heavy atom. The third-order valence-electron chi connectivity index (χ3n) is 10.9. The highest BCUT2D eigenvalue weighted by atomic mass is 31.2. The summed E-state index contributed by atoms with van der Waals surface area (Å²) in [6.45, 7) is 5.48. The van der Waals surface area contributed by atoms with Gasteiger partial charge in [-0.2, -0.15) is 0 Å². The SMILES string of the molecule is CCCCCCCCCCCCCCCCCCCCC(=O)O[C@H](COCCCCCCCCCCCCCCCCCC)COP(=O)([O-])OCC[N+](C)(C)C. The van der Waals surface area contributed by atoms with Crippen LogP contribution in [0.3, 0.4) is 0 Å². The fourth-order valence-corrected chi connectivity index (χ4v) is 7.87. The third-order valence-corrected chi connectivity index (χ3v) is 11.9. The number of phosphoric ester groups is 1. The molecule has 336 valence electrons. The van der Waals surface area contributed by atoms with E-state index in [9.17, 15) is 14.3 Å². The van der Waals surface area contributed by atoms with Gasteiger partial charge in [-0.1, -0.05) is 219 Å². The molecule has 1 unspecified atom stereocenters. The van der Waals surface area contributed by atoms with E-state index in [4.69, 9.17) is 18.5 Å². The van der Waals surface area contributed by atoms with Crippen molar-refractivity contribution in [1.29, 1.82) is 0 Å². The fourth-order valence-electron chi connectivity index (χ4n) is 7.14. The van der Waals surface area contributed by atoms with Crippen LogP contribution in [0.25, 0.3) is 0 Å². The summed E-state index contributed by atoms with van der Waals surface area (Å²) in [5, 5.41) is 0. The number of hydrogen-bond donors (Lipinski definition) is 0. The molecule has 0 bridgehead atoms. The maximum Gasteiger partial charge on any atom is 0.306 e. The number of carbonyl (C=O) groups excluding carboxylic acids is 1. The zero-order chi connectivity index (χ0) is 41.3. The zero-order valence-corrected chi connectivity index (χ0v) is 39.0. The van der Waals surface area contributed by atoms with Gasteiger partial charge in [0.25, 0.3) is 7.82 Å². The molecule has 0 aromatic carbocycles. The average Bonchev–Trinajstić information content (AvgIpc) is 3.15. The highest BCUT2D eigenvalue weighted by molar-refractivity contribution is 7.45. The summed E-state index contributed by atoms with van der Waals surface area (Å²) in [4.78, 5) is 25.1. The molecule has 56 heavy (non-hydrogen) atoms. The first-order valence-electron chi connectivity index (χ1n) is 24.3. The van der Waals surface area contributed by atoms with E-state index < -0.39 is 13.9 Å². The van der Waals surface area contributed by atoms with Gasteiger partial charge in [0.2, 0.25) is 0 Å². The van der Waals surface area contributed by atoms with Crippen LogP contribution in [-0.4, -0.2) is 70.7 Å². The fraction of sp³-hybridized carbons (Fsp3) is 0.979. The maximum absolute atomic E-state index is 12.7. The van der Waals surface area contributed by atoms with Gasteiger partial charge in [0.15, 0.2) is 0 Å². The lowest BCUT2D eigenvalue weighted by atomic mass is 10.0. The van der Waals surface area contributed by atoms with Gasteiger partial charge >= 0.3 is 5.97 Å². The Hall–Kier alpha value is -0.500. The predicted octanol–water partition coefficient (Wildman–Crippen LogP) is 13.8. The highest BCUT2D eigenvalue weighted by Crippen LogP contribution is 2.38. The monoisotopic (exact) mass is 818 g/mol. The average molecular weight is 818 g/mol. The summed E-state index contributed by atoms with van der Waals surface area (Å²) < 4.78 is 34.7. The third kappa shape index (κ3) is 44.6. The topological polar surface area (TPSA) is 94.1 Å². The maximum atomic E-state index is 12.7. The van der Waals surface area contributed by atoms with E-state index in [2.05, 4.69) is 13.8 Å². The molecule has 0 aliphatic rings. The lowest BCUT2D eigenvalue weighted by Gasteiger charge is -2.28. The normalized spacial score (nSPS) is 13.6. The minimum Gasteiger partial charge on any atom is -0.756 e. The number of likely N-dealkylation sites (N-methyl/N-ethyl adjacent to an activating group) is 1. The quantitative estimate of drug-likeness (QED) is 0.0261. The summed E-state index contributed by atoms with van der Waals surface area (Å²) in [5.74, 6) is -0.326. The number of nitrogens with zero attached hydrogens (tertiary/aromatic N) is 1. The Kier molecular flexibility index (Phi) is 40.9. The molecule has 0 amide bonds. The van der Waals surface area contributed by atoms with Gasteiger partial charge in [-0.05, 0) is 12.8 Å². The van der Waals surface area contributed by atoms with Crippen molar-refractivity contribution >= 4 is 13.8 Å². The number of carbonyl (C=O) groups is 1. The summed E-state index contributed by atoms with van der Waals surface area (Å²) >= 11 is 0. The first-order valence-corrected chi connectivity index (χ1v) is 25.7. The summed E-state index contributed by atoms with van der Waals surface area (Å²) in [7, 11) is 1.38. The van der Waals surface area contributed by atoms with Crippen LogP contribution < -0.4 is 4.89 Å². The van der Waals surface area contributed by atoms with Crippen LogP contribution >= 0.6 is 7.82 Å². The van der Waals surface area contributed by atoms with Crippen LogP contribution in [0.5, 0.6) is 0 Å². The molecule has 0 spiro atoms. The summed E-state index contributed by atoms with van der Waals surface area (Å²) in [6, 6.07) is 0. The molecule has 0 fully saturated rings. The molecule has 2 atom stereocenters. The number of esters is 1. The second-order valence-electron chi connectivity index (χ2n) is 17.8. The van der Waals surface area contributed by atoms with Crippen molar-refractivity contribution in [3.63, 3.8) is 0 Å². The molecule has 0 rings (SSSR count). The van der Waals surface area contributed by atoms with E-state index in [1.165, 1.54) is 186 Å². The van der Waals surface area contributed by atoms with Gasteiger partial charge in [-0.15, -0.1) is 0 Å². The number of unbranched alkanes of at least 4 members (excludes halogenated alkanes) is 32. The number of phosphoric acid groups is 1. The predicted molar refractivity (Wildman–Crippen MR) is 236 cm³/mol. The number of hydrogen-bond acceptors (Lipinski definition) is 7. The number of quaternary nitrogens is 1. The smallest absolute Gasteiger partial charge is 0.306 e. The van der Waals surface area contributed by atoms with Crippen LogP contribution in [0.1, 0.15) is 239 Å². The van der Waals surface area contributed by atoms with E-state index in [1.54, 1.807) is 0 Å². The highest BCUT2D eigenvalue weighted by Gasteiger charge is 2.20. The van der Waals surface area contributed by atoms with E-state index in [1.807, 2.05) is 21.1 Å². The van der Waals surface area contributed by atoms with Crippen molar-refractivity contribution in [3.05, 3.63) is 0 Å². The van der Waals surface area contributed by atoms with E-state index in [0.717, 1.165) is 32.1 Å². The molecule has 0 aliphatic heterocycles. The van der Waals surface area contributed by atoms with Gasteiger partial charge in [-0.25, -0.2) is 0 Å². The number of ether oxygens (including phenoxy) is 2. The minimum atomic E-state index is -4.52. The van der Waals surface area contributed by atoms with Crippen LogP contribution in [0.2, 0.25) is 0 Å². The van der Waals surface area contributed by atoms with Crippen molar-refractivity contribution in [3.8, 4) is 0 Å². The zero-order valence-electron chi connectivity index (χ0n) is 38.1. The van der Waals surface area contributed by atoms with Crippen molar-refractivity contribution in [2.24, 2.45) is 0 Å². The lowest BCUT2D eigenvalue weighted by molar-refractivity contribution is -0.870. The Morgan fingerprint density at radius 2 is 0.821 bits per heavy atom. The van der Waals surface area contributed by atoms with Crippen molar-refractivity contribution in [2.75, 3.05) is 54.1 Å². The molecule has 0 heterocycles. The molecule has 9 heteroatoms. The van der Waals surface area contributed by atoms with Crippen molar-refractivity contribution in [1.82, 2.24) is 0 Å². The van der Waals surface area contributed by atoms with E-state index in [-0.39, 0.29) is 25.8 Å². The molecular formula is C47H96NO7P. The minimum absolute atomic E-state index is 0.0316. The first kappa shape index (κ1) is 55.5. The summed E-state index contributed by atoms with van der Waals surface area (Å²) in [6.07, 6.45) is 44.0. The van der Waals surface area contributed by atoms with Crippen LogP contribution in [-0.2, 0) is 27.9 Å². The van der Waals surface area contributed by atoms with E-state index >= 15 is 0 Å². The Labute approximate surface area is 348 Å². The van der Waals surface area contributed by atoms with Gasteiger partial charge in [-0.3, -0.25) is 9.36 Å². The van der Waals surface area contributed by atoms with Crippen LogP contribution in [0.4, 0.5) is 0 Å². The Bertz CT molecular complexity index is 868. The van der Waals surface area contributed by atoms with Crippen molar-refractivity contribution < 1.29 is 37.3 Å². The molecule has 0 saturated heterocycles. The molecule has 0 radical (unpaired) electrons. The Balaban J connectivity index is 4.12. The Morgan fingerprint density at radius 3 is 1.18 bits per heavy atom. The largest absolute Gasteiger partial charge is 0.756 e. The molecular weight excluding hydrogens is 721 g/mol. The molecule has 8 nitrogen and oxygen atoms in total. The van der Waals surface area contributed by atoms with Crippen LogP contribution in [0, 0.1) is 0 Å². The van der Waals surface area contributed by atoms with Crippen LogP contribution in [0.15, 0.2) is 0 Å².